The third-order valence-corrected chi connectivity index (χ3v) is 5.71. The highest BCUT2D eigenvalue weighted by Gasteiger charge is 2.18. The van der Waals surface area contributed by atoms with E-state index in [4.69, 9.17) is 9.47 Å². The summed E-state index contributed by atoms with van der Waals surface area (Å²) >= 11 is 0. The third-order valence-electron chi connectivity index (χ3n) is 5.71. The molecule has 1 aliphatic heterocycles. The molecule has 1 N–H and O–H groups in total. The van der Waals surface area contributed by atoms with Crippen molar-refractivity contribution in [1.82, 2.24) is 10.2 Å². The number of hydrogen-bond donors (Lipinski definition) is 1. The highest BCUT2D eigenvalue weighted by Crippen LogP contribution is 2.15. The molecule has 1 aromatic carbocycles. The zero-order valence-electron chi connectivity index (χ0n) is 19.2. The Balaban J connectivity index is 1.68. The van der Waals surface area contributed by atoms with Crippen LogP contribution in [0.4, 0.5) is 4.79 Å². The predicted octanol–water partition coefficient (Wildman–Crippen LogP) is 5.06. The number of carbonyl (C=O) groups excluding carboxylic acids is 2. The number of hydrogen-bond acceptors (Lipinski definition) is 5. The van der Waals surface area contributed by atoms with E-state index in [-0.39, 0.29) is 31.2 Å². The van der Waals surface area contributed by atoms with Crippen molar-refractivity contribution in [2.24, 2.45) is 0 Å². The van der Waals surface area contributed by atoms with Gasteiger partial charge in [-0.1, -0.05) is 69.4 Å². The Bertz CT molecular complexity index is 619. The molecule has 0 spiro atoms. The Hall–Kier alpha value is -2.08. The molecule has 1 heterocycles. The third kappa shape index (κ3) is 11.8. The highest BCUT2D eigenvalue weighted by molar-refractivity contribution is 5.70. The molecule has 0 bridgehead atoms. The van der Waals surface area contributed by atoms with E-state index in [1.807, 2.05) is 30.3 Å². The van der Waals surface area contributed by atoms with Crippen LogP contribution in [-0.4, -0.2) is 49.2 Å². The van der Waals surface area contributed by atoms with Crippen molar-refractivity contribution in [3.63, 3.8) is 0 Å². The van der Waals surface area contributed by atoms with Crippen LogP contribution in [0, 0.1) is 0 Å². The Labute approximate surface area is 187 Å². The molecule has 2 rings (SSSR count). The van der Waals surface area contributed by atoms with Crippen LogP contribution in [0.25, 0.3) is 0 Å². The summed E-state index contributed by atoms with van der Waals surface area (Å²) in [5.74, 6) is -0.251. The lowest BCUT2D eigenvalue weighted by Gasteiger charge is -2.30. The summed E-state index contributed by atoms with van der Waals surface area (Å²) in [7, 11) is 0. The second-order valence-corrected chi connectivity index (χ2v) is 8.39. The molecule has 1 saturated heterocycles. The number of carbonyl (C=O) groups is 2. The largest absolute Gasteiger partial charge is 0.461 e. The lowest BCUT2D eigenvalue weighted by Crippen LogP contribution is -2.43. The summed E-state index contributed by atoms with van der Waals surface area (Å²) < 4.78 is 11.0. The summed E-state index contributed by atoms with van der Waals surface area (Å²) in [5, 5.41) is 2.85. The van der Waals surface area contributed by atoms with Gasteiger partial charge in [0.05, 0.1) is 0 Å². The molecule has 6 nitrogen and oxygen atoms in total. The second kappa shape index (κ2) is 15.7. The van der Waals surface area contributed by atoms with Gasteiger partial charge in [0.1, 0.15) is 12.7 Å². The van der Waals surface area contributed by atoms with Crippen LogP contribution < -0.4 is 5.32 Å². The van der Waals surface area contributed by atoms with Gasteiger partial charge in [-0.25, -0.2) is 4.79 Å². The maximum atomic E-state index is 12.2. The molecule has 0 aromatic heterocycles. The van der Waals surface area contributed by atoms with Crippen molar-refractivity contribution in [2.75, 3.05) is 26.2 Å². The normalized spacial score (nSPS) is 14.5. The van der Waals surface area contributed by atoms with Crippen molar-refractivity contribution < 1.29 is 19.1 Å². The molecule has 0 radical (unpaired) electrons. The van der Waals surface area contributed by atoms with E-state index in [0.29, 0.717) is 13.0 Å². The Morgan fingerprint density at radius 1 is 1.03 bits per heavy atom. The number of unbranched alkanes of at least 4 members (excludes halogenated alkanes) is 5. The van der Waals surface area contributed by atoms with E-state index < -0.39 is 0 Å². The Kier molecular flexibility index (Phi) is 12.7. The highest BCUT2D eigenvalue weighted by atomic mass is 16.6. The number of alkyl carbamates (subject to hydrolysis) is 1. The maximum absolute atomic E-state index is 12.2. The number of rotatable bonds is 16. The van der Waals surface area contributed by atoms with Gasteiger partial charge < -0.3 is 19.7 Å². The topological polar surface area (TPSA) is 67.9 Å². The number of ether oxygens (including phenoxy) is 2. The molecular weight excluding hydrogens is 392 g/mol. The van der Waals surface area contributed by atoms with Gasteiger partial charge in [0.2, 0.25) is 0 Å². The van der Waals surface area contributed by atoms with Gasteiger partial charge in [-0.15, -0.1) is 0 Å². The number of nitrogens with zero attached hydrogens (tertiary/aromatic N) is 1. The number of esters is 1. The molecule has 31 heavy (non-hydrogen) atoms. The van der Waals surface area contributed by atoms with Crippen LogP contribution in [0.5, 0.6) is 0 Å². The van der Waals surface area contributed by atoms with E-state index >= 15 is 0 Å². The quantitative estimate of drug-likeness (QED) is 0.292. The molecule has 0 aliphatic carbocycles. The van der Waals surface area contributed by atoms with Gasteiger partial charge in [0.25, 0.3) is 0 Å². The van der Waals surface area contributed by atoms with Gasteiger partial charge in [0.15, 0.2) is 0 Å². The van der Waals surface area contributed by atoms with Crippen LogP contribution in [0.15, 0.2) is 30.3 Å². The fourth-order valence-electron chi connectivity index (χ4n) is 3.62. The van der Waals surface area contributed by atoms with Gasteiger partial charge >= 0.3 is 12.1 Å². The summed E-state index contributed by atoms with van der Waals surface area (Å²) in [4.78, 5) is 26.7. The van der Waals surface area contributed by atoms with Gasteiger partial charge in [0, 0.05) is 19.5 Å². The first kappa shape index (κ1) is 25.2. The molecular formula is C25H40N2O4. The van der Waals surface area contributed by atoms with Crippen molar-refractivity contribution in [2.45, 2.75) is 83.8 Å². The zero-order valence-corrected chi connectivity index (χ0v) is 19.2. The first-order chi connectivity index (χ1) is 15.2. The molecule has 174 valence electrons. The average molecular weight is 433 g/mol. The lowest BCUT2D eigenvalue weighted by molar-refractivity contribution is -0.145. The molecule has 0 saturated carbocycles. The summed E-state index contributed by atoms with van der Waals surface area (Å²) in [5.41, 5.74) is 0.970. The first-order valence-electron chi connectivity index (χ1n) is 12.0. The summed E-state index contributed by atoms with van der Waals surface area (Å²) in [6.45, 7) is 6.18. The van der Waals surface area contributed by atoms with E-state index in [0.717, 1.165) is 44.5 Å². The monoisotopic (exact) mass is 432 g/mol. The molecule has 1 fully saturated rings. The van der Waals surface area contributed by atoms with Crippen LogP contribution in [0.3, 0.4) is 0 Å². The summed E-state index contributed by atoms with van der Waals surface area (Å²) in [6.07, 6.45) is 9.27. The van der Waals surface area contributed by atoms with Gasteiger partial charge in [-0.2, -0.15) is 0 Å². The first-order valence-corrected chi connectivity index (χ1v) is 12.0. The van der Waals surface area contributed by atoms with E-state index in [9.17, 15) is 9.59 Å². The molecule has 1 atom stereocenters. The molecule has 1 aliphatic rings. The maximum Gasteiger partial charge on any atom is 0.407 e. The molecule has 1 amide bonds. The Morgan fingerprint density at radius 2 is 1.77 bits per heavy atom. The number of likely N-dealkylation sites (tertiary alicyclic amines) is 1. The number of benzene rings is 1. The number of nitrogens with one attached hydrogen (secondary N) is 1. The SMILES string of the molecule is CCCCCCCCC(CCC(=O)OCc1ccccc1)OC(=O)NCCN1CCC1. The van der Waals surface area contributed by atoms with Gasteiger partial charge in [-0.05, 0) is 44.3 Å². The van der Waals surface area contributed by atoms with Crippen LogP contribution in [-0.2, 0) is 20.9 Å². The predicted molar refractivity (Wildman–Crippen MR) is 123 cm³/mol. The number of amides is 1. The van der Waals surface area contributed by atoms with Crippen LogP contribution >= 0.6 is 0 Å². The molecule has 1 aromatic rings. The second-order valence-electron chi connectivity index (χ2n) is 8.39. The minimum atomic E-state index is -0.380. The minimum absolute atomic E-state index is 0.251. The van der Waals surface area contributed by atoms with Crippen LogP contribution in [0.1, 0.15) is 76.7 Å². The molecule has 6 heteroatoms. The van der Waals surface area contributed by atoms with Crippen molar-refractivity contribution >= 4 is 12.1 Å². The van der Waals surface area contributed by atoms with E-state index in [2.05, 4.69) is 17.1 Å². The Morgan fingerprint density at radius 3 is 2.48 bits per heavy atom. The smallest absolute Gasteiger partial charge is 0.407 e. The summed E-state index contributed by atoms with van der Waals surface area (Å²) in [6, 6.07) is 9.65. The van der Waals surface area contributed by atoms with Crippen molar-refractivity contribution in [3.8, 4) is 0 Å². The average Bonchev–Trinajstić information content (AvgIpc) is 2.75. The van der Waals surface area contributed by atoms with E-state index in [1.165, 1.54) is 32.1 Å². The molecule has 1 unspecified atom stereocenters. The van der Waals surface area contributed by atoms with Crippen LogP contribution in [0.2, 0.25) is 0 Å². The van der Waals surface area contributed by atoms with E-state index in [1.54, 1.807) is 0 Å². The van der Waals surface area contributed by atoms with Gasteiger partial charge in [-0.3, -0.25) is 4.79 Å². The van der Waals surface area contributed by atoms with Crippen molar-refractivity contribution in [3.05, 3.63) is 35.9 Å². The minimum Gasteiger partial charge on any atom is -0.461 e. The standard InChI is InChI=1S/C25H40N2O4/c1-2-3-4-5-6-10-14-23(31-25(29)26-17-20-27-18-11-19-27)15-16-24(28)30-21-22-12-8-7-9-13-22/h7-9,12-13,23H,2-6,10-11,14-21H2,1H3,(H,26,29). The van der Waals surface area contributed by atoms with Crippen molar-refractivity contribution in [1.29, 1.82) is 0 Å². The fraction of sp³-hybridized carbons (Fsp3) is 0.680. The zero-order chi connectivity index (χ0) is 22.2. The fourth-order valence-corrected chi connectivity index (χ4v) is 3.62. The lowest BCUT2D eigenvalue weighted by atomic mass is 10.0.